The fourth-order valence-electron chi connectivity index (χ4n) is 1.90. The zero-order valence-corrected chi connectivity index (χ0v) is 11.5. The van der Waals surface area contributed by atoms with Gasteiger partial charge in [-0.25, -0.2) is 4.79 Å². The summed E-state index contributed by atoms with van der Waals surface area (Å²) < 4.78 is 41.1. The Balaban J connectivity index is 2.03. The number of carbonyl (C=O) groups excluding carboxylic acids is 1. The van der Waals surface area contributed by atoms with Crippen molar-refractivity contribution in [3.8, 4) is 5.75 Å². The van der Waals surface area contributed by atoms with Crippen LogP contribution in [0.3, 0.4) is 0 Å². The van der Waals surface area contributed by atoms with Crippen molar-refractivity contribution in [2.24, 2.45) is 0 Å². The monoisotopic (exact) mass is 325 g/mol. The maximum atomic E-state index is 12.0. The molecule has 0 bridgehead atoms. The second-order valence-electron chi connectivity index (χ2n) is 4.56. The molecule has 1 heterocycles. The van der Waals surface area contributed by atoms with Gasteiger partial charge in [0.2, 0.25) is 0 Å². The number of β-amino-alcohol motifs (C(OH)–C–C–N with tert-alkyl or cyclic N) is 1. The lowest BCUT2D eigenvalue weighted by Crippen LogP contribution is -2.60. The summed E-state index contributed by atoms with van der Waals surface area (Å²) in [5.41, 5.74) is -1.02. The van der Waals surface area contributed by atoms with E-state index >= 15 is 0 Å². The van der Waals surface area contributed by atoms with Gasteiger partial charge in [-0.15, -0.1) is 5.06 Å². The van der Waals surface area contributed by atoms with E-state index in [1.165, 1.54) is 25.3 Å². The Morgan fingerprint density at radius 1 is 1.43 bits per heavy atom. The highest BCUT2D eigenvalue weighted by Gasteiger charge is 2.49. The molecular weight excluding hydrogens is 315 g/mol. The number of ether oxygens (including phenoxy) is 1. The number of hydrogen-bond donors (Lipinski definition) is 1. The SMILES string of the molecule is COc1cc(C2(O)CN(OC(=O)C(F)(F)F)C2)ccc1Cl. The number of hydroxylamine groups is 2. The topological polar surface area (TPSA) is 59.0 Å². The van der Waals surface area contributed by atoms with E-state index in [4.69, 9.17) is 16.3 Å². The van der Waals surface area contributed by atoms with Gasteiger partial charge in [0.15, 0.2) is 0 Å². The molecule has 0 aromatic heterocycles. The zero-order valence-electron chi connectivity index (χ0n) is 10.8. The first-order chi connectivity index (χ1) is 9.65. The molecule has 9 heteroatoms. The molecule has 0 unspecified atom stereocenters. The van der Waals surface area contributed by atoms with Crippen LogP contribution in [0, 0.1) is 0 Å². The van der Waals surface area contributed by atoms with Crippen LogP contribution in [0.15, 0.2) is 18.2 Å². The van der Waals surface area contributed by atoms with Gasteiger partial charge >= 0.3 is 12.1 Å². The van der Waals surface area contributed by atoms with Crippen molar-refractivity contribution < 1.29 is 32.6 Å². The molecule has 0 saturated carbocycles. The summed E-state index contributed by atoms with van der Waals surface area (Å²) in [7, 11) is 1.40. The third-order valence-corrected chi connectivity index (χ3v) is 3.32. The van der Waals surface area contributed by atoms with Crippen molar-refractivity contribution in [1.29, 1.82) is 0 Å². The summed E-state index contributed by atoms with van der Waals surface area (Å²) in [6.07, 6.45) is -5.07. The summed E-state index contributed by atoms with van der Waals surface area (Å²) in [6.45, 7) is -0.556. The number of rotatable bonds is 3. The van der Waals surface area contributed by atoms with Gasteiger partial charge in [-0.1, -0.05) is 17.7 Å². The average Bonchev–Trinajstić information content (AvgIpc) is 2.36. The number of halogens is 4. The molecule has 5 nitrogen and oxygen atoms in total. The highest BCUT2D eigenvalue weighted by atomic mass is 35.5. The predicted octanol–water partition coefficient (Wildman–Crippen LogP) is 1.87. The molecule has 116 valence electrons. The number of aliphatic hydroxyl groups is 1. The van der Waals surface area contributed by atoms with Gasteiger partial charge in [0.25, 0.3) is 0 Å². The van der Waals surface area contributed by atoms with Crippen molar-refractivity contribution in [2.45, 2.75) is 11.8 Å². The van der Waals surface area contributed by atoms with E-state index in [1.807, 2.05) is 0 Å². The van der Waals surface area contributed by atoms with Crippen LogP contribution in [0.1, 0.15) is 5.56 Å². The molecule has 1 aliphatic heterocycles. The smallest absolute Gasteiger partial charge is 0.492 e. The van der Waals surface area contributed by atoms with Crippen LogP contribution < -0.4 is 4.74 Å². The standard InChI is InChI=1S/C12H11ClF3NO4/c1-20-9-4-7(2-3-8(9)13)11(19)5-17(6-11)21-10(18)12(14,15)16/h2-4,19H,5-6H2,1H3. The molecule has 1 aliphatic rings. The maximum absolute atomic E-state index is 12.0. The fraction of sp³-hybridized carbons (Fsp3) is 0.417. The molecule has 2 rings (SSSR count). The van der Waals surface area contributed by atoms with E-state index in [-0.39, 0.29) is 13.1 Å². The Morgan fingerprint density at radius 2 is 2.05 bits per heavy atom. The molecule has 1 saturated heterocycles. The lowest BCUT2D eigenvalue weighted by atomic mass is 9.87. The van der Waals surface area contributed by atoms with Crippen LogP contribution in [-0.2, 0) is 15.2 Å². The molecule has 0 spiro atoms. The Morgan fingerprint density at radius 3 is 2.57 bits per heavy atom. The van der Waals surface area contributed by atoms with Crippen molar-refractivity contribution in [2.75, 3.05) is 20.2 Å². The van der Waals surface area contributed by atoms with Gasteiger partial charge in [-0.05, 0) is 17.7 Å². The van der Waals surface area contributed by atoms with Gasteiger partial charge in [0.05, 0.1) is 25.2 Å². The van der Waals surface area contributed by atoms with E-state index in [1.54, 1.807) is 0 Å². The molecule has 1 aromatic rings. The Bertz CT molecular complexity index is 558. The summed E-state index contributed by atoms with van der Waals surface area (Å²) in [5.74, 6) is -1.99. The first kappa shape index (κ1) is 15.9. The van der Waals surface area contributed by atoms with Gasteiger partial charge in [0, 0.05) is 0 Å². The minimum atomic E-state index is -5.07. The normalized spacial score (nSPS) is 18.0. The Kier molecular flexibility index (Phi) is 4.05. The Labute approximate surface area is 122 Å². The van der Waals surface area contributed by atoms with Crippen LogP contribution in [0.2, 0.25) is 5.02 Å². The van der Waals surface area contributed by atoms with Gasteiger partial charge in [-0.3, -0.25) is 0 Å². The minimum absolute atomic E-state index is 0.278. The highest BCUT2D eigenvalue weighted by molar-refractivity contribution is 6.32. The average molecular weight is 326 g/mol. The van der Waals surface area contributed by atoms with Crippen molar-refractivity contribution in [3.05, 3.63) is 28.8 Å². The van der Waals surface area contributed by atoms with Gasteiger partial charge in [0.1, 0.15) is 11.4 Å². The number of carbonyl (C=O) groups is 1. The van der Waals surface area contributed by atoms with Crippen LogP contribution in [0.25, 0.3) is 0 Å². The molecule has 0 radical (unpaired) electrons. The van der Waals surface area contributed by atoms with E-state index < -0.39 is 17.7 Å². The largest absolute Gasteiger partial charge is 0.495 e. The minimum Gasteiger partial charge on any atom is -0.495 e. The second kappa shape index (κ2) is 5.36. The zero-order chi connectivity index (χ0) is 15.8. The molecule has 0 aliphatic carbocycles. The number of nitrogens with zero attached hydrogens (tertiary/aromatic N) is 1. The lowest BCUT2D eigenvalue weighted by molar-refractivity contribution is -0.287. The van der Waals surface area contributed by atoms with Crippen molar-refractivity contribution >= 4 is 17.6 Å². The maximum Gasteiger partial charge on any atom is 0.492 e. The molecule has 1 N–H and O–H groups in total. The quantitative estimate of drug-likeness (QED) is 0.919. The molecule has 1 aromatic carbocycles. The number of hydrogen-bond acceptors (Lipinski definition) is 5. The van der Waals surface area contributed by atoms with Crippen molar-refractivity contribution in [1.82, 2.24) is 5.06 Å². The molecule has 1 fully saturated rings. The molecular formula is C12H11ClF3NO4. The fourth-order valence-corrected chi connectivity index (χ4v) is 2.10. The molecule has 0 atom stereocenters. The van der Waals surface area contributed by atoms with E-state index in [0.29, 0.717) is 16.3 Å². The van der Waals surface area contributed by atoms with E-state index in [2.05, 4.69) is 4.84 Å². The summed E-state index contributed by atoms with van der Waals surface area (Å²) >= 11 is 5.84. The molecule has 0 amide bonds. The third-order valence-electron chi connectivity index (χ3n) is 3.01. The van der Waals surface area contributed by atoms with E-state index in [9.17, 15) is 23.1 Å². The lowest BCUT2D eigenvalue weighted by Gasteiger charge is -2.44. The Hall–Kier alpha value is -1.51. The predicted molar refractivity (Wildman–Crippen MR) is 65.6 cm³/mol. The highest BCUT2D eigenvalue weighted by Crippen LogP contribution is 2.36. The van der Waals surface area contributed by atoms with Gasteiger partial charge in [-0.2, -0.15) is 13.2 Å². The van der Waals surface area contributed by atoms with Crippen LogP contribution in [0.5, 0.6) is 5.75 Å². The van der Waals surface area contributed by atoms with Crippen LogP contribution in [0.4, 0.5) is 13.2 Å². The van der Waals surface area contributed by atoms with Gasteiger partial charge < -0.3 is 14.7 Å². The number of methoxy groups -OCH3 is 1. The van der Waals surface area contributed by atoms with E-state index in [0.717, 1.165) is 5.06 Å². The van der Waals surface area contributed by atoms with Crippen LogP contribution in [-0.4, -0.2) is 42.5 Å². The first-order valence-electron chi connectivity index (χ1n) is 5.76. The van der Waals surface area contributed by atoms with Crippen LogP contribution >= 0.6 is 11.6 Å². The summed E-state index contributed by atoms with van der Waals surface area (Å²) in [5, 5.41) is 11.3. The van der Waals surface area contributed by atoms with Crippen molar-refractivity contribution in [3.63, 3.8) is 0 Å². The number of benzene rings is 1. The summed E-state index contributed by atoms with van der Waals surface area (Å²) in [6, 6.07) is 4.50. The third kappa shape index (κ3) is 3.22. The first-order valence-corrected chi connectivity index (χ1v) is 6.14. The number of alkyl halides is 3. The molecule has 21 heavy (non-hydrogen) atoms. The second-order valence-corrected chi connectivity index (χ2v) is 4.96. The summed E-state index contributed by atoms with van der Waals surface area (Å²) in [4.78, 5) is 14.8.